The Morgan fingerprint density at radius 1 is 1.33 bits per heavy atom. The Morgan fingerprint density at radius 3 is 2.33 bits per heavy atom. The number of hydrogen-bond donors (Lipinski definition) is 0. The first-order valence-corrected chi connectivity index (χ1v) is 5.72. The van der Waals surface area contributed by atoms with E-state index in [9.17, 15) is 9.59 Å². The summed E-state index contributed by atoms with van der Waals surface area (Å²) in [5, 5.41) is -1.25. The first kappa shape index (κ1) is 12.7. The van der Waals surface area contributed by atoms with Crippen LogP contribution in [0.25, 0.3) is 0 Å². The molecule has 5 heteroatoms. The van der Waals surface area contributed by atoms with E-state index in [4.69, 9.17) is 23.2 Å². The second-order valence-corrected chi connectivity index (χ2v) is 4.71. The van der Waals surface area contributed by atoms with Crippen LogP contribution in [0.4, 0.5) is 0 Å². The molecular weight excluding hydrogens is 303 g/mol. The average Bonchev–Trinajstić information content (AvgIpc) is 2.16. The topological polar surface area (TPSA) is 34.1 Å². The zero-order chi connectivity index (χ0) is 11.6. The van der Waals surface area contributed by atoms with Crippen molar-refractivity contribution in [3.05, 3.63) is 33.8 Å². The normalized spacial score (nSPS) is 12.3. The van der Waals surface area contributed by atoms with Gasteiger partial charge in [-0.05, 0) is 40.5 Å². The molecule has 0 aromatic heterocycles. The summed E-state index contributed by atoms with van der Waals surface area (Å²) in [5.74, 6) is -0.247. The van der Waals surface area contributed by atoms with Gasteiger partial charge in [-0.1, -0.05) is 12.1 Å². The van der Waals surface area contributed by atoms with Gasteiger partial charge in [0.2, 0.25) is 0 Å². The van der Waals surface area contributed by atoms with Gasteiger partial charge in [-0.3, -0.25) is 9.59 Å². The zero-order valence-electron chi connectivity index (χ0n) is 7.76. The summed E-state index contributed by atoms with van der Waals surface area (Å²) in [6.07, 6.45) is 0. The van der Waals surface area contributed by atoms with Crippen LogP contribution >= 0.6 is 39.1 Å². The van der Waals surface area contributed by atoms with E-state index in [1.807, 2.05) is 0 Å². The minimum atomic E-state index is -0.637. The van der Waals surface area contributed by atoms with E-state index >= 15 is 0 Å². The van der Waals surface area contributed by atoms with Crippen molar-refractivity contribution in [2.24, 2.45) is 0 Å². The lowest BCUT2D eigenvalue weighted by molar-refractivity contribution is 0.0991. The molecule has 80 valence electrons. The number of Topliss-reactive ketones (excluding diaryl/α,β-unsaturated/α-hetero) is 1. The largest absolute Gasteiger partial charge is 0.292 e. The van der Waals surface area contributed by atoms with Gasteiger partial charge in [0.25, 0.3) is 5.24 Å². The summed E-state index contributed by atoms with van der Waals surface area (Å²) in [7, 11) is 0. The van der Waals surface area contributed by atoms with Crippen molar-refractivity contribution in [3.8, 4) is 0 Å². The highest BCUT2D eigenvalue weighted by molar-refractivity contribution is 9.10. The Morgan fingerprint density at radius 2 is 1.87 bits per heavy atom. The average molecular weight is 310 g/mol. The number of carbonyl (C=O) groups excluding carboxylic acids is 2. The van der Waals surface area contributed by atoms with Crippen molar-refractivity contribution in [1.29, 1.82) is 0 Å². The van der Waals surface area contributed by atoms with Crippen molar-refractivity contribution in [2.45, 2.75) is 12.3 Å². The van der Waals surface area contributed by atoms with E-state index in [0.29, 0.717) is 10.0 Å². The number of benzene rings is 1. The van der Waals surface area contributed by atoms with Gasteiger partial charge in [-0.15, -0.1) is 11.6 Å². The molecule has 0 fully saturated rings. The summed E-state index contributed by atoms with van der Waals surface area (Å²) in [6, 6.07) is 4.72. The van der Waals surface area contributed by atoms with E-state index in [1.54, 1.807) is 19.1 Å². The molecule has 0 aliphatic carbocycles. The molecule has 1 rings (SSSR count). The molecule has 0 heterocycles. The number of ketones is 1. The molecule has 15 heavy (non-hydrogen) atoms. The van der Waals surface area contributed by atoms with E-state index in [1.165, 1.54) is 6.07 Å². The molecule has 0 amide bonds. The molecule has 0 N–H and O–H groups in total. The predicted molar refractivity (Wildman–Crippen MR) is 64.0 cm³/mol. The van der Waals surface area contributed by atoms with Crippen molar-refractivity contribution in [1.82, 2.24) is 0 Å². The minimum absolute atomic E-state index is 0.247. The van der Waals surface area contributed by atoms with E-state index in [2.05, 4.69) is 15.9 Å². The van der Waals surface area contributed by atoms with Crippen LogP contribution in [0, 0.1) is 0 Å². The van der Waals surface area contributed by atoms with Crippen LogP contribution in [0.2, 0.25) is 0 Å². The Kier molecular flexibility index (Phi) is 4.32. The molecular formula is C10H7BrCl2O2. The minimum Gasteiger partial charge on any atom is -0.292 e. The third-order valence-electron chi connectivity index (χ3n) is 1.84. The molecule has 0 spiro atoms. The van der Waals surface area contributed by atoms with Crippen LogP contribution in [0.15, 0.2) is 22.7 Å². The first-order chi connectivity index (χ1) is 6.95. The van der Waals surface area contributed by atoms with Crippen molar-refractivity contribution in [3.63, 3.8) is 0 Å². The summed E-state index contributed by atoms with van der Waals surface area (Å²) < 4.78 is 0.391. The lowest BCUT2D eigenvalue weighted by Crippen LogP contribution is -2.12. The number of halogens is 3. The molecule has 0 aliphatic heterocycles. The quantitative estimate of drug-likeness (QED) is 0.485. The SMILES string of the molecule is CC(Cl)C(=O)c1cccc(C(=O)Cl)c1Br. The highest BCUT2D eigenvalue weighted by atomic mass is 79.9. The van der Waals surface area contributed by atoms with Crippen LogP contribution in [0.3, 0.4) is 0 Å². The second-order valence-electron chi connectivity index (χ2n) is 2.92. The molecule has 0 saturated carbocycles. The fourth-order valence-electron chi connectivity index (χ4n) is 1.09. The molecule has 0 radical (unpaired) electrons. The molecule has 0 saturated heterocycles. The second kappa shape index (κ2) is 5.10. The van der Waals surface area contributed by atoms with Crippen molar-refractivity contribution >= 4 is 50.2 Å². The van der Waals surface area contributed by atoms with Gasteiger partial charge in [0.05, 0.1) is 5.38 Å². The molecule has 1 aromatic carbocycles. The van der Waals surface area contributed by atoms with Gasteiger partial charge in [0, 0.05) is 15.6 Å². The molecule has 0 bridgehead atoms. The van der Waals surface area contributed by atoms with Gasteiger partial charge < -0.3 is 0 Å². The fourth-order valence-corrected chi connectivity index (χ4v) is 2.12. The lowest BCUT2D eigenvalue weighted by Gasteiger charge is -2.07. The molecule has 1 aromatic rings. The predicted octanol–water partition coefficient (Wildman–Crippen LogP) is 3.64. The maximum atomic E-state index is 11.6. The number of hydrogen-bond acceptors (Lipinski definition) is 2. The molecule has 2 nitrogen and oxygen atoms in total. The van der Waals surface area contributed by atoms with Crippen LogP contribution in [-0.2, 0) is 0 Å². The smallest absolute Gasteiger partial charge is 0.253 e. The van der Waals surface area contributed by atoms with Gasteiger partial charge in [-0.25, -0.2) is 0 Å². The van der Waals surface area contributed by atoms with Gasteiger partial charge in [-0.2, -0.15) is 0 Å². The monoisotopic (exact) mass is 308 g/mol. The Balaban J connectivity index is 3.27. The zero-order valence-corrected chi connectivity index (χ0v) is 10.9. The maximum Gasteiger partial charge on any atom is 0.253 e. The van der Waals surface area contributed by atoms with Crippen molar-refractivity contribution < 1.29 is 9.59 Å². The van der Waals surface area contributed by atoms with Crippen LogP contribution in [-0.4, -0.2) is 16.4 Å². The summed E-state index contributed by atoms with van der Waals surface area (Å²) in [5.41, 5.74) is 0.629. The third kappa shape index (κ3) is 2.80. The van der Waals surface area contributed by atoms with E-state index in [0.717, 1.165) is 0 Å². The molecule has 1 atom stereocenters. The van der Waals surface area contributed by atoms with E-state index in [-0.39, 0.29) is 11.3 Å². The standard InChI is InChI=1S/C10H7BrCl2O2/c1-5(12)9(14)6-3-2-4-7(8(6)11)10(13)15/h2-5H,1H3. The Bertz CT molecular complexity index is 416. The van der Waals surface area contributed by atoms with Gasteiger partial charge >= 0.3 is 0 Å². The maximum absolute atomic E-state index is 11.6. The number of alkyl halides is 1. The summed E-state index contributed by atoms with van der Waals surface area (Å²) in [4.78, 5) is 22.6. The van der Waals surface area contributed by atoms with Crippen molar-refractivity contribution in [2.75, 3.05) is 0 Å². The summed E-state index contributed by atoms with van der Waals surface area (Å²) in [6.45, 7) is 1.57. The Labute approximate surface area is 106 Å². The highest BCUT2D eigenvalue weighted by Crippen LogP contribution is 2.25. The van der Waals surface area contributed by atoms with E-state index < -0.39 is 10.6 Å². The van der Waals surface area contributed by atoms with Crippen LogP contribution in [0.1, 0.15) is 27.6 Å². The number of rotatable bonds is 3. The first-order valence-electron chi connectivity index (χ1n) is 4.11. The molecule has 0 aliphatic rings. The van der Waals surface area contributed by atoms with Crippen LogP contribution in [0.5, 0.6) is 0 Å². The molecule has 1 unspecified atom stereocenters. The van der Waals surface area contributed by atoms with Gasteiger partial charge in [0.1, 0.15) is 0 Å². The van der Waals surface area contributed by atoms with Gasteiger partial charge in [0.15, 0.2) is 5.78 Å². The van der Waals surface area contributed by atoms with Crippen LogP contribution < -0.4 is 0 Å². The lowest BCUT2D eigenvalue weighted by atomic mass is 10.1. The summed E-state index contributed by atoms with van der Waals surface area (Å²) >= 11 is 14.2. The number of carbonyl (C=O) groups is 2. The Hall–Kier alpha value is -0.380. The fraction of sp³-hybridized carbons (Fsp3) is 0.200. The third-order valence-corrected chi connectivity index (χ3v) is 3.09. The highest BCUT2D eigenvalue weighted by Gasteiger charge is 2.18.